The number of nitrogens with one attached hydrogen (secondary N) is 2. The van der Waals surface area contributed by atoms with E-state index in [0.717, 1.165) is 35.4 Å². The molecular formula is C23H27N5O. The van der Waals surface area contributed by atoms with E-state index in [1.54, 1.807) is 0 Å². The van der Waals surface area contributed by atoms with Crippen molar-refractivity contribution in [3.8, 4) is 0 Å². The van der Waals surface area contributed by atoms with Gasteiger partial charge < -0.3 is 5.32 Å². The number of carbonyl (C=O) groups is 1. The van der Waals surface area contributed by atoms with Gasteiger partial charge in [0.1, 0.15) is 0 Å². The van der Waals surface area contributed by atoms with Gasteiger partial charge >= 0.3 is 0 Å². The summed E-state index contributed by atoms with van der Waals surface area (Å²) >= 11 is 0. The van der Waals surface area contributed by atoms with Crippen molar-refractivity contribution >= 4 is 23.2 Å². The first-order valence-electron chi connectivity index (χ1n) is 10.7. The van der Waals surface area contributed by atoms with Crippen LogP contribution in [0.1, 0.15) is 56.2 Å². The molecule has 2 saturated carbocycles. The van der Waals surface area contributed by atoms with E-state index in [1.165, 1.54) is 32.1 Å². The van der Waals surface area contributed by atoms with Crippen molar-refractivity contribution in [1.29, 1.82) is 0 Å². The van der Waals surface area contributed by atoms with Gasteiger partial charge in [-0.25, -0.2) is 4.52 Å². The molecule has 6 nitrogen and oxygen atoms in total. The molecule has 2 heterocycles. The number of anilines is 2. The number of aryl methyl sites for hydroxylation is 1. The maximum atomic E-state index is 13.0. The molecule has 0 radical (unpaired) electrons. The van der Waals surface area contributed by atoms with Crippen LogP contribution in [0, 0.1) is 6.92 Å². The summed E-state index contributed by atoms with van der Waals surface area (Å²) in [5, 5.41) is 11.2. The average Bonchev–Trinajstić information content (AvgIpc) is 3.47. The van der Waals surface area contributed by atoms with Crippen molar-refractivity contribution in [2.45, 2.75) is 63.3 Å². The molecule has 2 aromatic heterocycles. The Balaban J connectivity index is 1.36. The van der Waals surface area contributed by atoms with Crippen molar-refractivity contribution in [3.63, 3.8) is 0 Å². The number of aromatic nitrogens is 3. The lowest BCUT2D eigenvalue weighted by Gasteiger charge is -2.24. The second-order valence-electron chi connectivity index (χ2n) is 8.42. The molecule has 2 aliphatic rings. The van der Waals surface area contributed by atoms with E-state index in [-0.39, 0.29) is 5.91 Å². The largest absolute Gasteiger partial charge is 0.381 e. The third-order valence-corrected chi connectivity index (χ3v) is 6.44. The van der Waals surface area contributed by atoms with Crippen LogP contribution >= 0.6 is 0 Å². The van der Waals surface area contributed by atoms with Crippen LogP contribution in [0.5, 0.6) is 0 Å². The van der Waals surface area contributed by atoms with Gasteiger partial charge in [-0.2, -0.15) is 4.98 Å². The number of amides is 1. The smallest absolute Gasteiger partial charge is 0.249 e. The molecule has 29 heavy (non-hydrogen) atoms. The zero-order valence-electron chi connectivity index (χ0n) is 16.8. The molecule has 2 aliphatic carbocycles. The molecule has 0 bridgehead atoms. The Morgan fingerprint density at radius 1 is 1.07 bits per heavy atom. The first-order valence-corrected chi connectivity index (χ1v) is 10.7. The fraction of sp³-hybridized carbons (Fsp3) is 0.435. The fourth-order valence-corrected chi connectivity index (χ4v) is 4.49. The van der Waals surface area contributed by atoms with Gasteiger partial charge in [0, 0.05) is 6.04 Å². The second kappa shape index (κ2) is 7.17. The molecule has 6 heteroatoms. The van der Waals surface area contributed by atoms with Crippen molar-refractivity contribution in [2.75, 3.05) is 10.6 Å². The molecule has 0 aliphatic heterocycles. The summed E-state index contributed by atoms with van der Waals surface area (Å²) in [4.78, 5) is 17.5. The number of hydrogen-bond donors (Lipinski definition) is 2. The molecule has 1 aromatic carbocycles. The summed E-state index contributed by atoms with van der Waals surface area (Å²) in [6, 6.07) is 14.6. The number of benzene rings is 1. The van der Waals surface area contributed by atoms with Crippen LogP contribution in [-0.4, -0.2) is 26.5 Å². The van der Waals surface area contributed by atoms with Gasteiger partial charge in [-0.15, -0.1) is 5.10 Å². The van der Waals surface area contributed by atoms with Gasteiger partial charge in [-0.05, 0) is 50.3 Å². The lowest BCUT2D eigenvalue weighted by Crippen LogP contribution is -2.28. The topological polar surface area (TPSA) is 71.3 Å². The number of carbonyl (C=O) groups excluding carboxylic acids is 1. The van der Waals surface area contributed by atoms with E-state index < -0.39 is 5.41 Å². The summed E-state index contributed by atoms with van der Waals surface area (Å²) < 4.78 is 1.82. The van der Waals surface area contributed by atoms with E-state index >= 15 is 0 Å². The van der Waals surface area contributed by atoms with Gasteiger partial charge in [0.2, 0.25) is 11.9 Å². The number of fused-ring (bicyclic) bond motifs is 1. The highest BCUT2D eigenvalue weighted by atomic mass is 16.2. The first-order chi connectivity index (χ1) is 14.2. The molecule has 2 fully saturated rings. The van der Waals surface area contributed by atoms with Crippen LogP contribution in [-0.2, 0) is 10.2 Å². The lowest BCUT2D eigenvalue weighted by atomic mass is 9.95. The molecule has 150 valence electrons. The van der Waals surface area contributed by atoms with Gasteiger partial charge in [0.05, 0.1) is 16.8 Å². The minimum atomic E-state index is -0.429. The predicted octanol–water partition coefficient (Wildman–Crippen LogP) is 4.45. The Labute approximate surface area is 170 Å². The van der Waals surface area contributed by atoms with Crippen molar-refractivity contribution in [1.82, 2.24) is 14.6 Å². The number of pyridine rings is 1. The lowest BCUT2D eigenvalue weighted by molar-refractivity contribution is -0.118. The van der Waals surface area contributed by atoms with Crippen LogP contribution in [0.2, 0.25) is 0 Å². The average molecular weight is 390 g/mol. The standard InChI is InChI=1S/C23H27N5O/c1-16-19(24-18-10-6-3-7-11-18)12-13-20-25-22(27-28(16)20)26-21(29)23(14-15-23)17-8-4-2-5-9-17/h2,4-5,8-9,12-13,18,24H,3,6-7,10-11,14-15H2,1H3,(H,26,27,29). The highest BCUT2D eigenvalue weighted by molar-refractivity contribution is 6.00. The molecule has 3 aromatic rings. The predicted molar refractivity (Wildman–Crippen MR) is 114 cm³/mol. The Kier molecular flexibility index (Phi) is 4.49. The van der Waals surface area contributed by atoms with Crippen LogP contribution in [0.4, 0.5) is 11.6 Å². The summed E-state index contributed by atoms with van der Waals surface area (Å²) in [6.45, 7) is 2.05. The molecule has 5 rings (SSSR count). The van der Waals surface area contributed by atoms with E-state index in [9.17, 15) is 4.79 Å². The normalized spacial score (nSPS) is 18.5. The second-order valence-corrected chi connectivity index (χ2v) is 8.42. The summed E-state index contributed by atoms with van der Waals surface area (Å²) in [7, 11) is 0. The van der Waals surface area contributed by atoms with E-state index in [4.69, 9.17) is 0 Å². The minimum Gasteiger partial charge on any atom is -0.381 e. The quantitative estimate of drug-likeness (QED) is 0.676. The third kappa shape index (κ3) is 3.37. The fourth-order valence-electron chi connectivity index (χ4n) is 4.49. The minimum absolute atomic E-state index is 0.0159. The molecule has 0 spiro atoms. The Bertz CT molecular complexity index is 1030. The molecular weight excluding hydrogens is 362 g/mol. The van der Waals surface area contributed by atoms with Crippen LogP contribution in [0.25, 0.3) is 5.65 Å². The zero-order chi connectivity index (χ0) is 19.8. The number of rotatable bonds is 5. The van der Waals surface area contributed by atoms with Gasteiger partial charge in [0.25, 0.3) is 0 Å². The molecule has 1 amide bonds. The summed E-state index contributed by atoms with van der Waals surface area (Å²) in [5.74, 6) is 0.355. The van der Waals surface area contributed by atoms with Crippen LogP contribution < -0.4 is 10.6 Å². The Hall–Kier alpha value is -2.89. The van der Waals surface area contributed by atoms with Crippen molar-refractivity contribution in [2.24, 2.45) is 0 Å². The van der Waals surface area contributed by atoms with Gasteiger partial charge in [-0.1, -0.05) is 49.6 Å². The highest BCUT2D eigenvalue weighted by Crippen LogP contribution is 2.48. The van der Waals surface area contributed by atoms with E-state index in [2.05, 4.69) is 26.8 Å². The Morgan fingerprint density at radius 2 is 1.83 bits per heavy atom. The van der Waals surface area contributed by atoms with Crippen molar-refractivity contribution < 1.29 is 4.79 Å². The van der Waals surface area contributed by atoms with Crippen molar-refractivity contribution in [3.05, 3.63) is 53.7 Å². The molecule has 0 saturated heterocycles. The summed E-state index contributed by atoms with van der Waals surface area (Å²) in [5.41, 5.74) is 3.50. The third-order valence-electron chi connectivity index (χ3n) is 6.44. The first kappa shape index (κ1) is 18.2. The van der Waals surface area contributed by atoms with Crippen LogP contribution in [0.3, 0.4) is 0 Å². The molecule has 0 atom stereocenters. The zero-order valence-corrected chi connectivity index (χ0v) is 16.8. The Morgan fingerprint density at radius 3 is 2.55 bits per heavy atom. The monoisotopic (exact) mass is 389 g/mol. The summed E-state index contributed by atoms with van der Waals surface area (Å²) in [6.07, 6.45) is 8.10. The van der Waals surface area contributed by atoms with E-state index in [1.807, 2.05) is 47.8 Å². The maximum Gasteiger partial charge on any atom is 0.249 e. The maximum absolute atomic E-state index is 13.0. The van der Waals surface area contributed by atoms with Gasteiger partial charge in [0.15, 0.2) is 5.65 Å². The highest BCUT2D eigenvalue weighted by Gasteiger charge is 2.51. The molecule has 2 N–H and O–H groups in total. The van der Waals surface area contributed by atoms with Crippen LogP contribution in [0.15, 0.2) is 42.5 Å². The van der Waals surface area contributed by atoms with E-state index in [0.29, 0.717) is 12.0 Å². The number of nitrogens with zero attached hydrogens (tertiary/aromatic N) is 3. The molecule has 0 unspecified atom stereocenters. The number of hydrogen-bond acceptors (Lipinski definition) is 4. The SMILES string of the molecule is Cc1c(NC2CCCCC2)ccc2nc(NC(=O)C3(c4ccccc4)CC3)nn12. The van der Waals surface area contributed by atoms with Gasteiger partial charge in [-0.3, -0.25) is 10.1 Å².